The summed E-state index contributed by atoms with van der Waals surface area (Å²) in [6.45, 7) is 1.93. The molecule has 0 saturated heterocycles. The third kappa shape index (κ3) is 8.61. The van der Waals surface area contributed by atoms with Crippen LogP contribution in [-0.2, 0) is 23.9 Å². The summed E-state index contributed by atoms with van der Waals surface area (Å²) in [4.78, 5) is 44.2. The molecule has 0 aromatic rings. The van der Waals surface area contributed by atoms with E-state index in [0.29, 0.717) is 6.42 Å². The Morgan fingerprint density at radius 1 is 0.857 bits per heavy atom. The highest BCUT2D eigenvalue weighted by Crippen LogP contribution is 2.27. The maximum absolute atomic E-state index is 11.7. The van der Waals surface area contributed by atoms with Crippen LogP contribution in [0.15, 0.2) is 0 Å². The first-order valence-corrected chi connectivity index (χ1v) is 6.58. The minimum atomic E-state index is -2.06. The molecule has 0 amide bonds. The molecule has 3 N–H and O–H groups in total. The van der Waals surface area contributed by atoms with Crippen molar-refractivity contribution >= 4 is 23.9 Å². The largest absolute Gasteiger partial charge is 0.481 e. The van der Waals surface area contributed by atoms with E-state index in [2.05, 4.69) is 0 Å². The average Bonchev–Trinajstić information content (AvgIpc) is 2.25. The van der Waals surface area contributed by atoms with Crippen LogP contribution in [-0.4, -0.2) is 44.8 Å². The molecule has 0 bridgehead atoms. The molecule has 8 nitrogen and oxygen atoms in total. The predicted octanol–water partition coefficient (Wildman–Crippen LogP) is 1.27. The van der Waals surface area contributed by atoms with Crippen LogP contribution in [0.5, 0.6) is 0 Å². The van der Waals surface area contributed by atoms with Gasteiger partial charge in [-0.25, -0.2) is 0 Å². The monoisotopic (exact) mass is 304 g/mol. The van der Waals surface area contributed by atoms with Crippen LogP contribution in [0.2, 0.25) is 0 Å². The first-order valence-electron chi connectivity index (χ1n) is 6.58. The minimum Gasteiger partial charge on any atom is -0.481 e. The van der Waals surface area contributed by atoms with Crippen LogP contribution in [0.3, 0.4) is 0 Å². The second-order valence-electron chi connectivity index (χ2n) is 4.83. The maximum atomic E-state index is 11.7. The molecule has 21 heavy (non-hydrogen) atoms. The van der Waals surface area contributed by atoms with E-state index >= 15 is 0 Å². The topological polar surface area (TPSA) is 138 Å². The van der Waals surface area contributed by atoms with E-state index in [1.165, 1.54) is 0 Å². The SMILES string of the molecule is CCCCCC(=O)OC(CC(=O)O)(CC(=O)O)CC(=O)O. The smallest absolute Gasteiger partial charge is 0.307 e. The van der Waals surface area contributed by atoms with Crippen LogP contribution in [0.25, 0.3) is 0 Å². The molecule has 0 aliphatic rings. The zero-order chi connectivity index (χ0) is 16.5. The number of esters is 1. The fourth-order valence-electron chi connectivity index (χ4n) is 1.93. The Bertz CT molecular complexity index is 360. The number of carbonyl (C=O) groups excluding carboxylic acids is 1. The molecule has 0 aromatic heterocycles. The molecular formula is C13H20O8. The number of carboxylic acid groups (broad SMARTS) is 3. The highest BCUT2D eigenvalue weighted by molar-refractivity contribution is 5.79. The maximum Gasteiger partial charge on any atom is 0.307 e. The van der Waals surface area contributed by atoms with Crippen molar-refractivity contribution in [1.29, 1.82) is 0 Å². The van der Waals surface area contributed by atoms with Gasteiger partial charge in [0.1, 0.15) is 5.60 Å². The Hall–Kier alpha value is -2.12. The number of ether oxygens (including phenoxy) is 1. The van der Waals surface area contributed by atoms with Gasteiger partial charge in [-0.2, -0.15) is 0 Å². The lowest BCUT2D eigenvalue weighted by molar-refractivity contribution is -0.173. The zero-order valence-corrected chi connectivity index (χ0v) is 11.8. The van der Waals surface area contributed by atoms with Gasteiger partial charge in [-0.05, 0) is 6.42 Å². The summed E-state index contributed by atoms with van der Waals surface area (Å²) in [5, 5.41) is 26.5. The van der Waals surface area contributed by atoms with E-state index < -0.39 is 48.7 Å². The molecule has 120 valence electrons. The Balaban J connectivity index is 5.04. The van der Waals surface area contributed by atoms with Crippen molar-refractivity contribution in [3.8, 4) is 0 Å². The Morgan fingerprint density at radius 3 is 1.62 bits per heavy atom. The molecule has 0 radical (unpaired) electrons. The fraction of sp³-hybridized carbons (Fsp3) is 0.692. The standard InChI is InChI=1S/C13H20O8/c1-2-3-4-5-12(20)21-13(6-9(14)15,7-10(16)17)8-11(18)19/h2-8H2,1H3,(H,14,15)(H,16,17)(H,18,19). The van der Waals surface area contributed by atoms with Crippen molar-refractivity contribution in [1.82, 2.24) is 0 Å². The number of hydrogen-bond acceptors (Lipinski definition) is 5. The second kappa shape index (κ2) is 8.93. The van der Waals surface area contributed by atoms with Crippen molar-refractivity contribution < 1.29 is 39.2 Å². The summed E-state index contributed by atoms with van der Waals surface area (Å²) in [5.74, 6) is -5.08. The molecule has 0 heterocycles. The molecule has 0 aliphatic carbocycles. The summed E-state index contributed by atoms with van der Waals surface area (Å²) >= 11 is 0. The van der Waals surface area contributed by atoms with Gasteiger partial charge in [0, 0.05) is 6.42 Å². The van der Waals surface area contributed by atoms with Gasteiger partial charge in [0.05, 0.1) is 19.3 Å². The summed E-state index contributed by atoms with van der Waals surface area (Å²) in [5.41, 5.74) is -2.06. The molecule has 0 rings (SSSR count). The number of carboxylic acids is 3. The Morgan fingerprint density at radius 2 is 1.29 bits per heavy atom. The number of unbranched alkanes of at least 4 members (excludes halogenated alkanes) is 2. The van der Waals surface area contributed by atoms with Crippen LogP contribution in [0.4, 0.5) is 0 Å². The van der Waals surface area contributed by atoms with Gasteiger partial charge in [-0.15, -0.1) is 0 Å². The van der Waals surface area contributed by atoms with Crippen LogP contribution in [0, 0.1) is 0 Å². The summed E-state index contributed by atoms with van der Waals surface area (Å²) in [6, 6.07) is 0. The van der Waals surface area contributed by atoms with Crippen LogP contribution >= 0.6 is 0 Å². The number of carbonyl (C=O) groups is 4. The van der Waals surface area contributed by atoms with E-state index in [1.54, 1.807) is 0 Å². The molecule has 0 spiro atoms. The molecule has 0 saturated carbocycles. The highest BCUT2D eigenvalue weighted by Gasteiger charge is 2.41. The summed E-state index contributed by atoms with van der Waals surface area (Å²) in [6.07, 6.45) is -0.481. The van der Waals surface area contributed by atoms with Gasteiger partial charge < -0.3 is 20.1 Å². The quantitative estimate of drug-likeness (QED) is 0.383. The molecule has 8 heteroatoms. The third-order valence-electron chi connectivity index (χ3n) is 2.73. The normalized spacial score (nSPS) is 10.9. The lowest BCUT2D eigenvalue weighted by Crippen LogP contribution is -2.41. The summed E-state index contributed by atoms with van der Waals surface area (Å²) in [7, 11) is 0. The number of rotatable bonds is 11. The fourth-order valence-corrected chi connectivity index (χ4v) is 1.93. The predicted molar refractivity (Wildman–Crippen MR) is 69.7 cm³/mol. The van der Waals surface area contributed by atoms with Crippen molar-refractivity contribution in [3.63, 3.8) is 0 Å². The minimum absolute atomic E-state index is 0.00551. The van der Waals surface area contributed by atoms with Crippen molar-refractivity contribution in [2.45, 2.75) is 57.5 Å². The van der Waals surface area contributed by atoms with E-state index in [9.17, 15) is 19.2 Å². The van der Waals surface area contributed by atoms with Gasteiger partial charge in [0.25, 0.3) is 0 Å². The first kappa shape index (κ1) is 18.9. The van der Waals surface area contributed by atoms with E-state index in [1.807, 2.05) is 6.92 Å². The zero-order valence-electron chi connectivity index (χ0n) is 11.8. The Kier molecular flexibility index (Phi) is 8.03. The van der Waals surface area contributed by atoms with Gasteiger partial charge >= 0.3 is 23.9 Å². The molecule has 0 unspecified atom stereocenters. The number of aliphatic carboxylic acids is 3. The van der Waals surface area contributed by atoms with Crippen molar-refractivity contribution in [2.24, 2.45) is 0 Å². The van der Waals surface area contributed by atoms with E-state index in [0.717, 1.165) is 12.8 Å². The highest BCUT2D eigenvalue weighted by atomic mass is 16.6. The molecule has 0 atom stereocenters. The van der Waals surface area contributed by atoms with Gasteiger partial charge in [0.2, 0.25) is 0 Å². The molecule has 0 fully saturated rings. The Labute approximate surface area is 121 Å². The van der Waals surface area contributed by atoms with E-state index in [-0.39, 0.29) is 6.42 Å². The lowest BCUT2D eigenvalue weighted by atomic mass is 9.91. The van der Waals surface area contributed by atoms with Gasteiger partial charge in [0.15, 0.2) is 0 Å². The number of hydrogen-bond donors (Lipinski definition) is 3. The lowest BCUT2D eigenvalue weighted by Gasteiger charge is -2.29. The van der Waals surface area contributed by atoms with Crippen molar-refractivity contribution in [2.75, 3.05) is 0 Å². The van der Waals surface area contributed by atoms with Gasteiger partial charge in [-0.3, -0.25) is 19.2 Å². The average molecular weight is 304 g/mol. The summed E-state index contributed by atoms with van der Waals surface area (Å²) < 4.78 is 4.94. The van der Waals surface area contributed by atoms with Crippen LogP contribution in [0.1, 0.15) is 51.9 Å². The van der Waals surface area contributed by atoms with E-state index in [4.69, 9.17) is 20.1 Å². The second-order valence-corrected chi connectivity index (χ2v) is 4.83. The molecule has 0 aliphatic heterocycles. The molecule has 0 aromatic carbocycles. The third-order valence-corrected chi connectivity index (χ3v) is 2.73. The van der Waals surface area contributed by atoms with Crippen molar-refractivity contribution in [3.05, 3.63) is 0 Å². The van der Waals surface area contributed by atoms with Crippen LogP contribution < -0.4 is 0 Å². The first-order chi connectivity index (χ1) is 9.70. The van der Waals surface area contributed by atoms with Gasteiger partial charge in [-0.1, -0.05) is 19.8 Å². The molecular weight excluding hydrogens is 284 g/mol.